The molecule has 0 saturated carbocycles. The van der Waals surface area contributed by atoms with Gasteiger partial charge in [0.05, 0.1) is 12.4 Å². The van der Waals surface area contributed by atoms with Gasteiger partial charge in [-0.15, -0.1) is 0 Å². The molecule has 27 heavy (non-hydrogen) atoms. The molecule has 7 heteroatoms. The van der Waals surface area contributed by atoms with Gasteiger partial charge in [-0.25, -0.2) is 9.97 Å². The fourth-order valence-electron chi connectivity index (χ4n) is 2.74. The average Bonchev–Trinajstić information content (AvgIpc) is 3.16. The number of anilines is 2. The standard InChI is InChI=1S/C20H18N4O3/c1-24(12-14-5-3-2-4-6-14)19-11-21-16(10-22-19)20(25)23-15-7-8-17-18(9-15)27-13-26-17/h2-11H,12-13H2,1H3,(H,23,25). The Balaban J connectivity index is 1.41. The topological polar surface area (TPSA) is 76.6 Å². The molecule has 1 amide bonds. The van der Waals surface area contributed by atoms with Gasteiger partial charge in [0.25, 0.3) is 5.91 Å². The summed E-state index contributed by atoms with van der Waals surface area (Å²) in [5.74, 6) is 1.63. The van der Waals surface area contributed by atoms with Gasteiger partial charge in [-0.3, -0.25) is 4.79 Å². The predicted molar refractivity (Wildman–Crippen MR) is 101 cm³/mol. The van der Waals surface area contributed by atoms with Crippen LogP contribution in [0.3, 0.4) is 0 Å². The van der Waals surface area contributed by atoms with Crippen molar-refractivity contribution in [3.8, 4) is 11.5 Å². The van der Waals surface area contributed by atoms with E-state index in [9.17, 15) is 4.79 Å². The monoisotopic (exact) mass is 362 g/mol. The molecule has 1 aliphatic rings. The molecule has 136 valence electrons. The van der Waals surface area contributed by atoms with Gasteiger partial charge >= 0.3 is 0 Å². The first-order valence-corrected chi connectivity index (χ1v) is 8.47. The fourth-order valence-corrected chi connectivity index (χ4v) is 2.74. The van der Waals surface area contributed by atoms with Crippen molar-refractivity contribution < 1.29 is 14.3 Å². The quantitative estimate of drug-likeness (QED) is 0.752. The number of nitrogens with one attached hydrogen (secondary N) is 1. The highest BCUT2D eigenvalue weighted by atomic mass is 16.7. The number of fused-ring (bicyclic) bond motifs is 1. The number of nitrogens with zero attached hydrogens (tertiary/aromatic N) is 3. The van der Waals surface area contributed by atoms with Crippen molar-refractivity contribution in [3.05, 3.63) is 72.2 Å². The largest absolute Gasteiger partial charge is 0.454 e. The number of carbonyl (C=O) groups is 1. The highest BCUT2D eigenvalue weighted by Gasteiger charge is 2.15. The van der Waals surface area contributed by atoms with Gasteiger partial charge in [0.1, 0.15) is 11.5 Å². The van der Waals surface area contributed by atoms with Crippen LogP contribution in [0.5, 0.6) is 11.5 Å². The molecule has 0 bridgehead atoms. The van der Waals surface area contributed by atoms with Crippen molar-refractivity contribution in [2.45, 2.75) is 6.54 Å². The predicted octanol–water partition coefficient (Wildman–Crippen LogP) is 3.09. The molecule has 0 radical (unpaired) electrons. The summed E-state index contributed by atoms with van der Waals surface area (Å²) in [6, 6.07) is 15.3. The molecule has 0 aliphatic carbocycles. The summed E-state index contributed by atoms with van der Waals surface area (Å²) in [4.78, 5) is 23.0. The summed E-state index contributed by atoms with van der Waals surface area (Å²) in [5.41, 5.74) is 2.02. The van der Waals surface area contributed by atoms with Crippen LogP contribution in [0.4, 0.5) is 11.5 Å². The van der Waals surface area contributed by atoms with E-state index in [4.69, 9.17) is 9.47 Å². The minimum Gasteiger partial charge on any atom is -0.454 e. The van der Waals surface area contributed by atoms with E-state index in [1.165, 1.54) is 11.8 Å². The Labute approximate surface area is 156 Å². The molecule has 7 nitrogen and oxygen atoms in total. The second kappa shape index (κ2) is 7.33. The molecule has 1 N–H and O–H groups in total. The Morgan fingerprint density at radius 1 is 1.07 bits per heavy atom. The SMILES string of the molecule is CN(Cc1ccccc1)c1cnc(C(=O)Nc2ccc3c(c2)OCO3)cn1. The average molecular weight is 362 g/mol. The Kier molecular flexibility index (Phi) is 4.57. The molecule has 0 saturated heterocycles. The lowest BCUT2D eigenvalue weighted by Crippen LogP contribution is -2.19. The van der Waals surface area contributed by atoms with E-state index in [0.29, 0.717) is 29.5 Å². The van der Waals surface area contributed by atoms with Crippen molar-refractivity contribution in [3.63, 3.8) is 0 Å². The third-order valence-electron chi connectivity index (χ3n) is 4.15. The van der Waals surface area contributed by atoms with E-state index in [0.717, 1.165) is 0 Å². The van der Waals surface area contributed by atoms with Gasteiger partial charge in [-0.1, -0.05) is 30.3 Å². The van der Waals surface area contributed by atoms with E-state index in [1.807, 2.05) is 30.1 Å². The van der Waals surface area contributed by atoms with Gasteiger partial charge in [0.15, 0.2) is 11.5 Å². The molecular formula is C20H18N4O3. The van der Waals surface area contributed by atoms with Crippen molar-refractivity contribution in [2.75, 3.05) is 24.1 Å². The molecule has 0 spiro atoms. The summed E-state index contributed by atoms with van der Waals surface area (Å²) < 4.78 is 10.6. The van der Waals surface area contributed by atoms with Crippen LogP contribution in [0.25, 0.3) is 0 Å². The van der Waals surface area contributed by atoms with Gasteiger partial charge in [-0.2, -0.15) is 0 Å². The Hall–Kier alpha value is -3.61. The van der Waals surface area contributed by atoms with E-state index in [1.54, 1.807) is 24.4 Å². The zero-order valence-corrected chi connectivity index (χ0v) is 14.8. The summed E-state index contributed by atoms with van der Waals surface area (Å²) in [7, 11) is 1.93. The number of amides is 1. The molecule has 0 unspecified atom stereocenters. The van der Waals surface area contributed by atoms with Gasteiger partial charge in [0.2, 0.25) is 6.79 Å². The molecule has 3 aromatic rings. The minimum atomic E-state index is -0.335. The first kappa shape index (κ1) is 16.8. The molecule has 2 aromatic carbocycles. The van der Waals surface area contributed by atoms with Crippen molar-refractivity contribution in [1.82, 2.24) is 9.97 Å². The van der Waals surface area contributed by atoms with Gasteiger partial charge in [0, 0.05) is 25.3 Å². The Bertz CT molecular complexity index is 945. The normalized spacial score (nSPS) is 11.9. The minimum absolute atomic E-state index is 0.191. The summed E-state index contributed by atoms with van der Waals surface area (Å²) in [6.45, 7) is 0.897. The van der Waals surface area contributed by atoms with Crippen molar-refractivity contribution >= 4 is 17.4 Å². The number of hydrogen-bond acceptors (Lipinski definition) is 6. The molecule has 0 atom stereocenters. The third-order valence-corrected chi connectivity index (χ3v) is 4.15. The van der Waals surface area contributed by atoms with E-state index in [2.05, 4.69) is 27.4 Å². The van der Waals surface area contributed by atoms with Crippen molar-refractivity contribution in [1.29, 1.82) is 0 Å². The number of rotatable bonds is 5. The number of hydrogen-bond donors (Lipinski definition) is 1. The van der Waals surface area contributed by atoms with Crippen LogP contribution in [-0.2, 0) is 6.54 Å². The van der Waals surface area contributed by atoms with Crippen LogP contribution >= 0.6 is 0 Å². The number of ether oxygens (including phenoxy) is 2. The Morgan fingerprint density at radius 2 is 1.89 bits per heavy atom. The molecule has 2 heterocycles. The fraction of sp³-hybridized carbons (Fsp3) is 0.150. The Morgan fingerprint density at radius 3 is 2.67 bits per heavy atom. The number of benzene rings is 2. The van der Waals surface area contributed by atoms with E-state index in [-0.39, 0.29) is 18.4 Å². The second-order valence-electron chi connectivity index (χ2n) is 6.12. The molecule has 1 aliphatic heterocycles. The highest BCUT2D eigenvalue weighted by molar-refractivity contribution is 6.02. The third kappa shape index (κ3) is 3.82. The van der Waals surface area contributed by atoms with Crippen LogP contribution < -0.4 is 19.7 Å². The summed E-state index contributed by atoms with van der Waals surface area (Å²) in [5, 5.41) is 2.79. The second-order valence-corrected chi connectivity index (χ2v) is 6.12. The lowest BCUT2D eigenvalue weighted by atomic mass is 10.2. The molecule has 4 rings (SSSR count). The highest BCUT2D eigenvalue weighted by Crippen LogP contribution is 2.34. The maximum Gasteiger partial charge on any atom is 0.275 e. The zero-order chi connectivity index (χ0) is 18.6. The lowest BCUT2D eigenvalue weighted by Gasteiger charge is -2.17. The van der Waals surface area contributed by atoms with Crippen molar-refractivity contribution in [2.24, 2.45) is 0 Å². The molecule has 0 fully saturated rings. The molecular weight excluding hydrogens is 344 g/mol. The van der Waals surface area contributed by atoms with Gasteiger partial charge < -0.3 is 19.7 Å². The van der Waals surface area contributed by atoms with Crippen LogP contribution in [0.2, 0.25) is 0 Å². The number of aromatic nitrogens is 2. The van der Waals surface area contributed by atoms with E-state index < -0.39 is 0 Å². The first-order chi connectivity index (χ1) is 13.2. The lowest BCUT2D eigenvalue weighted by molar-refractivity contribution is 0.102. The maximum absolute atomic E-state index is 12.4. The number of carbonyl (C=O) groups excluding carboxylic acids is 1. The maximum atomic E-state index is 12.4. The van der Waals surface area contributed by atoms with Crippen LogP contribution in [-0.4, -0.2) is 29.7 Å². The molecule has 1 aromatic heterocycles. The summed E-state index contributed by atoms with van der Waals surface area (Å²) in [6.07, 6.45) is 3.07. The summed E-state index contributed by atoms with van der Waals surface area (Å²) >= 11 is 0. The van der Waals surface area contributed by atoms with Crippen LogP contribution in [0.15, 0.2) is 60.9 Å². The van der Waals surface area contributed by atoms with Crippen LogP contribution in [0.1, 0.15) is 16.1 Å². The first-order valence-electron chi connectivity index (χ1n) is 8.47. The zero-order valence-electron chi connectivity index (χ0n) is 14.8. The smallest absolute Gasteiger partial charge is 0.275 e. The van der Waals surface area contributed by atoms with E-state index >= 15 is 0 Å². The van der Waals surface area contributed by atoms with Gasteiger partial charge in [-0.05, 0) is 17.7 Å². The van der Waals surface area contributed by atoms with Crippen LogP contribution in [0, 0.1) is 0 Å².